The van der Waals surface area contributed by atoms with Crippen LogP contribution in [0.5, 0.6) is 11.5 Å². The number of benzene rings is 2. The second-order valence-electron chi connectivity index (χ2n) is 4.61. The molecule has 2 rings (SSSR count). The van der Waals surface area contributed by atoms with Crippen LogP contribution in [0, 0.1) is 6.92 Å². The van der Waals surface area contributed by atoms with E-state index in [1.807, 2.05) is 32.0 Å². The highest BCUT2D eigenvalue weighted by Gasteiger charge is 2.19. The van der Waals surface area contributed by atoms with Gasteiger partial charge in [-0.15, -0.1) is 0 Å². The quantitative estimate of drug-likeness (QED) is 0.773. The molecule has 0 saturated carbocycles. The first-order valence-electron chi connectivity index (χ1n) is 6.68. The van der Waals surface area contributed by atoms with Crippen molar-refractivity contribution in [2.75, 3.05) is 13.7 Å². The molecule has 0 amide bonds. The molecule has 3 nitrogen and oxygen atoms in total. The number of aryl methyl sites for hydroxylation is 1. The average molecular weight is 305 g/mol. The van der Waals surface area contributed by atoms with Crippen LogP contribution >= 0.6 is 11.6 Å². The van der Waals surface area contributed by atoms with Gasteiger partial charge in [-0.05, 0) is 44.2 Å². The van der Waals surface area contributed by atoms with Crippen LogP contribution in [0.3, 0.4) is 0 Å². The monoisotopic (exact) mass is 304 g/mol. The van der Waals surface area contributed by atoms with E-state index in [0.29, 0.717) is 34.3 Å². The summed E-state index contributed by atoms with van der Waals surface area (Å²) in [5.41, 5.74) is 1.93. The lowest BCUT2D eigenvalue weighted by atomic mass is 10.00. The van der Waals surface area contributed by atoms with E-state index in [2.05, 4.69) is 0 Å². The summed E-state index contributed by atoms with van der Waals surface area (Å²) in [6.45, 7) is 4.31. The zero-order chi connectivity index (χ0) is 15.4. The van der Waals surface area contributed by atoms with Crippen LogP contribution in [0.1, 0.15) is 28.4 Å². The van der Waals surface area contributed by atoms with E-state index in [1.54, 1.807) is 18.2 Å². The van der Waals surface area contributed by atoms with E-state index in [4.69, 9.17) is 21.1 Å². The van der Waals surface area contributed by atoms with Crippen LogP contribution in [0.2, 0.25) is 5.02 Å². The molecule has 0 N–H and O–H groups in total. The molecule has 0 aromatic heterocycles. The normalized spacial score (nSPS) is 10.3. The molecule has 0 aliphatic rings. The third-order valence-corrected chi connectivity index (χ3v) is 3.32. The van der Waals surface area contributed by atoms with Crippen molar-refractivity contribution in [1.29, 1.82) is 0 Å². The molecule has 0 aliphatic heterocycles. The van der Waals surface area contributed by atoms with Gasteiger partial charge in [0.1, 0.15) is 11.5 Å². The lowest BCUT2D eigenvalue weighted by Crippen LogP contribution is -2.07. The summed E-state index contributed by atoms with van der Waals surface area (Å²) in [4.78, 5) is 12.8. The van der Waals surface area contributed by atoms with E-state index >= 15 is 0 Å². The van der Waals surface area contributed by atoms with E-state index in [-0.39, 0.29) is 5.78 Å². The third-order valence-electron chi connectivity index (χ3n) is 3.09. The maximum Gasteiger partial charge on any atom is 0.200 e. The second-order valence-corrected chi connectivity index (χ2v) is 5.04. The van der Waals surface area contributed by atoms with E-state index in [1.165, 1.54) is 7.11 Å². The predicted molar refractivity (Wildman–Crippen MR) is 83.8 cm³/mol. The van der Waals surface area contributed by atoms with Crippen molar-refractivity contribution in [3.8, 4) is 11.5 Å². The Balaban J connectivity index is 2.54. The number of methoxy groups -OCH3 is 1. The Morgan fingerprint density at radius 3 is 2.43 bits per heavy atom. The molecule has 21 heavy (non-hydrogen) atoms. The molecular weight excluding hydrogens is 288 g/mol. The molecule has 110 valence electrons. The van der Waals surface area contributed by atoms with Crippen molar-refractivity contribution in [1.82, 2.24) is 0 Å². The predicted octanol–water partition coefficient (Wildman–Crippen LogP) is 4.29. The number of ether oxygens (including phenoxy) is 2. The number of carbonyl (C=O) groups excluding carboxylic acids is 1. The molecular formula is C17H17ClO3. The van der Waals surface area contributed by atoms with Crippen molar-refractivity contribution in [2.24, 2.45) is 0 Å². The van der Waals surface area contributed by atoms with Crippen molar-refractivity contribution in [3.63, 3.8) is 0 Å². The summed E-state index contributed by atoms with van der Waals surface area (Å²) >= 11 is 6.00. The Morgan fingerprint density at radius 1 is 1.10 bits per heavy atom. The van der Waals surface area contributed by atoms with Gasteiger partial charge in [0, 0.05) is 5.02 Å². The summed E-state index contributed by atoms with van der Waals surface area (Å²) in [7, 11) is 1.53. The lowest BCUT2D eigenvalue weighted by Gasteiger charge is -2.12. The van der Waals surface area contributed by atoms with Crippen molar-refractivity contribution >= 4 is 17.4 Å². The summed E-state index contributed by atoms with van der Waals surface area (Å²) in [6.07, 6.45) is 0. The SMILES string of the molecule is CCOc1ccc(C)cc1C(=O)c1cc(Cl)ccc1OC. The maximum atomic E-state index is 12.8. The molecule has 0 heterocycles. The molecule has 0 radical (unpaired) electrons. The first-order chi connectivity index (χ1) is 10.1. The first-order valence-corrected chi connectivity index (χ1v) is 7.06. The molecule has 0 spiro atoms. The minimum atomic E-state index is -0.165. The van der Waals surface area contributed by atoms with E-state index in [9.17, 15) is 4.79 Å². The Labute approximate surface area is 129 Å². The summed E-state index contributed by atoms with van der Waals surface area (Å²) in [5.74, 6) is 0.894. The summed E-state index contributed by atoms with van der Waals surface area (Å²) in [5, 5.41) is 0.491. The van der Waals surface area contributed by atoms with Crippen LogP contribution in [0.25, 0.3) is 0 Å². The molecule has 0 bridgehead atoms. The zero-order valence-corrected chi connectivity index (χ0v) is 13.0. The molecule has 2 aromatic carbocycles. The average Bonchev–Trinajstić information content (AvgIpc) is 2.48. The third kappa shape index (κ3) is 3.37. The van der Waals surface area contributed by atoms with Crippen molar-refractivity contribution in [2.45, 2.75) is 13.8 Å². The Kier molecular flexibility index (Phi) is 4.86. The number of hydrogen-bond acceptors (Lipinski definition) is 3. The fraction of sp³-hybridized carbons (Fsp3) is 0.235. The van der Waals surface area contributed by atoms with Gasteiger partial charge < -0.3 is 9.47 Å². The van der Waals surface area contributed by atoms with E-state index < -0.39 is 0 Å². The number of halogens is 1. The zero-order valence-electron chi connectivity index (χ0n) is 12.3. The molecule has 0 aliphatic carbocycles. The van der Waals surface area contributed by atoms with Gasteiger partial charge in [-0.3, -0.25) is 4.79 Å². The highest BCUT2D eigenvalue weighted by Crippen LogP contribution is 2.29. The fourth-order valence-corrected chi connectivity index (χ4v) is 2.28. The second kappa shape index (κ2) is 6.64. The van der Waals surface area contributed by atoms with Gasteiger partial charge in [0.25, 0.3) is 0 Å². The molecule has 2 aromatic rings. The number of hydrogen-bond donors (Lipinski definition) is 0. The Hall–Kier alpha value is -2.00. The molecule has 0 saturated heterocycles. The highest BCUT2D eigenvalue weighted by atomic mass is 35.5. The van der Waals surface area contributed by atoms with Gasteiger partial charge >= 0.3 is 0 Å². The Bertz CT molecular complexity index is 665. The van der Waals surface area contributed by atoms with Gasteiger partial charge in [-0.2, -0.15) is 0 Å². The molecule has 0 fully saturated rings. The molecule has 4 heteroatoms. The van der Waals surface area contributed by atoms with Gasteiger partial charge in [0.15, 0.2) is 0 Å². The summed E-state index contributed by atoms with van der Waals surface area (Å²) in [6, 6.07) is 10.5. The van der Waals surface area contributed by atoms with Gasteiger partial charge in [0.05, 0.1) is 24.8 Å². The lowest BCUT2D eigenvalue weighted by molar-refractivity contribution is 0.103. The first kappa shape index (κ1) is 15.4. The van der Waals surface area contributed by atoms with Crippen LogP contribution in [0.15, 0.2) is 36.4 Å². The van der Waals surface area contributed by atoms with Crippen molar-refractivity contribution < 1.29 is 14.3 Å². The van der Waals surface area contributed by atoms with Gasteiger partial charge in [0.2, 0.25) is 5.78 Å². The van der Waals surface area contributed by atoms with Crippen LogP contribution in [0.4, 0.5) is 0 Å². The Morgan fingerprint density at radius 2 is 1.76 bits per heavy atom. The highest BCUT2D eigenvalue weighted by molar-refractivity contribution is 6.31. The fourth-order valence-electron chi connectivity index (χ4n) is 2.11. The maximum absolute atomic E-state index is 12.8. The number of rotatable bonds is 5. The van der Waals surface area contributed by atoms with Gasteiger partial charge in [-0.1, -0.05) is 23.2 Å². The molecule has 0 atom stereocenters. The topological polar surface area (TPSA) is 35.5 Å². The van der Waals surface area contributed by atoms with Crippen LogP contribution in [-0.4, -0.2) is 19.5 Å². The van der Waals surface area contributed by atoms with E-state index in [0.717, 1.165) is 5.56 Å². The van der Waals surface area contributed by atoms with Crippen LogP contribution in [-0.2, 0) is 0 Å². The summed E-state index contributed by atoms with van der Waals surface area (Å²) < 4.78 is 10.8. The standard InChI is InChI=1S/C17H17ClO3/c1-4-21-16-7-5-11(2)9-13(16)17(19)14-10-12(18)6-8-15(14)20-3/h5-10H,4H2,1-3H3. The number of carbonyl (C=O) groups is 1. The smallest absolute Gasteiger partial charge is 0.200 e. The van der Waals surface area contributed by atoms with Gasteiger partial charge in [-0.25, -0.2) is 0 Å². The van der Waals surface area contributed by atoms with Crippen molar-refractivity contribution in [3.05, 3.63) is 58.1 Å². The number of ketones is 1. The minimum Gasteiger partial charge on any atom is -0.496 e. The molecule has 0 unspecified atom stereocenters. The van der Waals surface area contributed by atoms with Crippen LogP contribution < -0.4 is 9.47 Å². The minimum absolute atomic E-state index is 0.165. The largest absolute Gasteiger partial charge is 0.496 e.